The molecule has 0 amide bonds. The zero-order valence-electron chi connectivity index (χ0n) is 10.9. The van der Waals surface area contributed by atoms with Gasteiger partial charge in [-0.15, -0.1) is 0 Å². The van der Waals surface area contributed by atoms with Crippen LogP contribution >= 0.6 is 13.5 Å². The van der Waals surface area contributed by atoms with Gasteiger partial charge in [-0.1, -0.05) is 6.92 Å². The third-order valence-electron chi connectivity index (χ3n) is 3.89. The van der Waals surface area contributed by atoms with Crippen LogP contribution in [0.1, 0.15) is 41.4 Å². The lowest BCUT2D eigenvalue weighted by Crippen LogP contribution is -2.44. The number of esters is 1. The number of rotatable bonds is 1. The van der Waals surface area contributed by atoms with Crippen molar-refractivity contribution in [2.45, 2.75) is 38.5 Å². The van der Waals surface area contributed by atoms with Crippen molar-refractivity contribution in [3.63, 3.8) is 0 Å². The van der Waals surface area contributed by atoms with E-state index >= 15 is 0 Å². The summed E-state index contributed by atoms with van der Waals surface area (Å²) in [6.07, 6.45) is 0.368. The number of cyclic esters (lactones) is 1. The molecule has 0 bridgehead atoms. The highest BCUT2D eigenvalue weighted by Gasteiger charge is 2.45. The fourth-order valence-corrected chi connectivity index (χ4v) is 2.69. The summed E-state index contributed by atoms with van der Waals surface area (Å²) in [6, 6.07) is 1.47. The molecule has 3 rings (SSSR count). The van der Waals surface area contributed by atoms with Gasteiger partial charge in [0.1, 0.15) is 6.61 Å². The number of aromatic nitrogens is 1. The number of hydrogen-bond donors (Lipinski definition) is 1. The molecule has 0 unspecified atom stereocenters. The predicted octanol–water partition coefficient (Wildman–Crippen LogP) is 0.202. The van der Waals surface area contributed by atoms with E-state index in [1.807, 2.05) is 0 Å². The Balaban J connectivity index is 0.00000147. The second-order valence-corrected chi connectivity index (χ2v) is 4.84. The van der Waals surface area contributed by atoms with Gasteiger partial charge >= 0.3 is 5.97 Å². The van der Waals surface area contributed by atoms with Crippen molar-refractivity contribution in [3.8, 4) is 0 Å². The number of carbonyl (C=O) groups excluding carboxylic acids is 2. The maximum absolute atomic E-state index is 12.3. The molecule has 0 aliphatic carbocycles. The molecule has 6 nitrogen and oxygen atoms in total. The largest absolute Gasteiger partial charge is 0.458 e. The summed E-state index contributed by atoms with van der Waals surface area (Å²) in [6.45, 7) is 1.82. The van der Waals surface area contributed by atoms with E-state index in [-0.39, 0.29) is 61.1 Å². The molecule has 20 heavy (non-hydrogen) atoms. The molecule has 2 aliphatic heterocycles. The number of aliphatic hydroxyl groups is 1. The zero-order valence-corrected chi connectivity index (χ0v) is 11.9. The van der Waals surface area contributed by atoms with Crippen LogP contribution in [-0.4, -0.2) is 21.4 Å². The number of ether oxygens (including phenoxy) is 1. The van der Waals surface area contributed by atoms with E-state index in [0.717, 1.165) is 0 Å². The molecule has 0 radical (unpaired) electrons. The lowest BCUT2D eigenvalue weighted by atomic mass is 9.86. The Morgan fingerprint density at radius 1 is 1.40 bits per heavy atom. The van der Waals surface area contributed by atoms with E-state index in [1.165, 1.54) is 10.6 Å². The van der Waals surface area contributed by atoms with Crippen molar-refractivity contribution in [2.75, 3.05) is 0 Å². The summed E-state index contributed by atoms with van der Waals surface area (Å²) in [5, 5.41) is 10.4. The lowest BCUT2D eigenvalue weighted by molar-refractivity contribution is -0.172. The molecule has 0 aromatic carbocycles. The van der Waals surface area contributed by atoms with Gasteiger partial charge in [0.2, 0.25) is 0 Å². The topological polar surface area (TPSA) is 85.6 Å². The van der Waals surface area contributed by atoms with E-state index in [0.29, 0.717) is 6.54 Å². The van der Waals surface area contributed by atoms with E-state index in [2.05, 4.69) is 0 Å². The molecule has 0 spiro atoms. The van der Waals surface area contributed by atoms with Gasteiger partial charge in [-0.3, -0.25) is 9.59 Å². The molecule has 1 N–H and O–H groups in total. The minimum atomic E-state index is -1.83. The van der Waals surface area contributed by atoms with Gasteiger partial charge in [-0.25, -0.2) is 4.79 Å². The second kappa shape index (κ2) is 4.75. The monoisotopic (exact) mass is 297 g/mol. The molecule has 0 saturated carbocycles. The number of carbonyl (C=O) groups is 2. The van der Waals surface area contributed by atoms with E-state index in [9.17, 15) is 19.5 Å². The first kappa shape index (κ1) is 14.8. The number of Topliss-reactive ketones (excluding diaryl/α,β-unsaturated/α-hetero) is 1. The van der Waals surface area contributed by atoms with Crippen molar-refractivity contribution in [2.24, 2.45) is 0 Å². The lowest BCUT2D eigenvalue weighted by Gasteiger charge is -2.31. The van der Waals surface area contributed by atoms with Crippen molar-refractivity contribution in [3.05, 3.63) is 33.2 Å². The smallest absolute Gasteiger partial charge is 0.343 e. The van der Waals surface area contributed by atoms with Gasteiger partial charge in [0, 0.05) is 18.5 Å². The quantitative estimate of drug-likeness (QED) is 0.749. The van der Waals surface area contributed by atoms with Crippen LogP contribution in [0.3, 0.4) is 0 Å². The van der Waals surface area contributed by atoms with Crippen molar-refractivity contribution in [1.29, 1.82) is 0 Å². The molecule has 0 saturated heterocycles. The van der Waals surface area contributed by atoms with Gasteiger partial charge in [-0.2, -0.15) is 13.5 Å². The summed E-state index contributed by atoms with van der Waals surface area (Å²) in [5.41, 5.74) is -1.42. The minimum absolute atomic E-state index is 0. The van der Waals surface area contributed by atoms with Gasteiger partial charge in [0.05, 0.1) is 11.3 Å². The van der Waals surface area contributed by atoms with Crippen LogP contribution in [0.4, 0.5) is 0 Å². The van der Waals surface area contributed by atoms with Crippen LogP contribution in [0.5, 0.6) is 0 Å². The van der Waals surface area contributed by atoms with Crippen LogP contribution in [0.2, 0.25) is 0 Å². The van der Waals surface area contributed by atoms with E-state index in [1.54, 1.807) is 6.92 Å². The molecule has 0 fully saturated rings. The first-order valence-corrected chi connectivity index (χ1v) is 6.19. The molecule has 3 heterocycles. The summed E-state index contributed by atoms with van der Waals surface area (Å²) in [4.78, 5) is 35.7. The normalized spacial score (nSPS) is 23.7. The van der Waals surface area contributed by atoms with Gasteiger partial charge in [0.15, 0.2) is 11.4 Å². The Kier molecular flexibility index (Phi) is 3.51. The minimum Gasteiger partial charge on any atom is -0.458 e. The fraction of sp³-hybridized carbons (Fsp3) is 0.462. The number of pyridine rings is 1. The highest BCUT2D eigenvalue weighted by atomic mass is 32.1. The molecular formula is C13H15NO5S. The first-order valence-electron chi connectivity index (χ1n) is 6.19. The van der Waals surface area contributed by atoms with Crippen molar-refractivity contribution < 1.29 is 19.4 Å². The number of nitrogens with zero attached hydrogens (tertiary/aromatic N) is 1. The van der Waals surface area contributed by atoms with Gasteiger partial charge in [0.25, 0.3) is 5.56 Å². The van der Waals surface area contributed by atoms with Crippen LogP contribution < -0.4 is 5.56 Å². The summed E-state index contributed by atoms with van der Waals surface area (Å²) < 4.78 is 6.28. The van der Waals surface area contributed by atoms with Crippen LogP contribution in [0.25, 0.3) is 0 Å². The van der Waals surface area contributed by atoms with Gasteiger partial charge in [-0.05, 0) is 12.5 Å². The molecule has 108 valence electrons. The van der Waals surface area contributed by atoms with Crippen LogP contribution in [0, 0.1) is 0 Å². The van der Waals surface area contributed by atoms with E-state index < -0.39 is 11.6 Å². The Hall–Kier alpha value is -1.60. The Morgan fingerprint density at radius 2 is 2.10 bits per heavy atom. The van der Waals surface area contributed by atoms with Crippen molar-refractivity contribution in [1.82, 2.24) is 4.57 Å². The van der Waals surface area contributed by atoms with Gasteiger partial charge < -0.3 is 14.4 Å². The standard InChI is InChI=1S/C13H13NO5.H2S/c1-2-13(18)8-5-9-10(15)3-4-14(9)11(16)7(8)6-19-12(13)17;/h5,18H,2-4,6H2,1H3;1H2/t13-;/m0./s1. The SMILES string of the molecule is CC[C@@]1(O)C(=O)OCc2c1cc1n(c2=O)CCC1=O.S. The number of ketones is 1. The van der Waals surface area contributed by atoms with Crippen LogP contribution in [-0.2, 0) is 28.3 Å². The first-order chi connectivity index (χ1) is 8.99. The second-order valence-electron chi connectivity index (χ2n) is 4.84. The number of hydrogen-bond acceptors (Lipinski definition) is 5. The average Bonchev–Trinajstić information content (AvgIpc) is 2.77. The molecule has 1 aromatic heterocycles. The molecular weight excluding hydrogens is 282 g/mol. The molecule has 1 aromatic rings. The molecule has 1 atom stereocenters. The van der Waals surface area contributed by atoms with E-state index in [4.69, 9.17) is 4.74 Å². The summed E-state index contributed by atoms with van der Waals surface area (Å²) >= 11 is 0. The molecule has 2 aliphatic rings. The van der Waals surface area contributed by atoms with Crippen LogP contribution in [0.15, 0.2) is 10.9 Å². The average molecular weight is 297 g/mol. The Labute approximate surface area is 121 Å². The molecule has 7 heteroatoms. The maximum Gasteiger partial charge on any atom is 0.343 e. The summed E-state index contributed by atoms with van der Waals surface area (Å²) in [5.74, 6) is -0.908. The Bertz CT molecular complexity index is 665. The summed E-state index contributed by atoms with van der Waals surface area (Å²) in [7, 11) is 0. The Morgan fingerprint density at radius 3 is 2.75 bits per heavy atom. The highest BCUT2D eigenvalue weighted by Crippen LogP contribution is 2.34. The maximum atomic E-state index is 12.3. The van der Waals surface area contributed by atoms with Crippen molar-refractivity contribution >= 4 is 25.2 Å². The fourth-order valence-electron chi connectivity index (χ4n) is 2.69. The third kappa shape index (κ3) is 1.73. The third-order valence-corrected chi connectivity index (χ3v) is 3.89. The number of fused-ring (bicyclic) bond motifs is 2. The highest BCUT2D eigenvalue weighted by molar-refractivity contribution is 7.59. The predicted molar refractivity (Wildman–Crippen MR) is 74.0 cm³/mol. The zero-order chi connectivity index (χ0) is 13.8.